The second-order valence-electron chi connectivity index (χ2n) is 6.49. The first kappa shape index (κ1) is 13.2. The minimum absolute atomic E-state index is 0.0922. The van der Waals surface area contributed by atoms with Gasteiger partial charge in [-0.25, -0.2) is 9.78 Å². The zero-order valence-electron chi connectivity index (χ0n) is 11.6. The Morgan fingerprint density at radius 1 is 1.33 bits per heavy atom. The van der Waals surface area contributed by atoms with Crippen molar-refractivity contribution in [1.29, 1.82) is 0 Å². The van der Waals surface area contributed by atoms with E-state index in [4.69, 9.17) is 5.11 Å². The molecule has 5 nitrogen and oxygen atoms in total. The summed E-state index contributed by atoms with van der Waals surface area (Å²) >= 11 is 1.34. The molecule has 2 N–H and O–H groups in total. The average molecular weight is 306 g/mol. The maximum absolute atomic E-state index is 12.2. The summed E-state index contributed by atoms with van der Waals surface area (Å²) in [6, 6.07) is 0. The average Bonchev–Trinajstić information content (AvgIpc) is 2.85. The molecule has 3 aliphatic rings. The molecule has 6 heteroatoms. The number of nitrogens with one attached hydrogen (secondary N) is 1. The van der Waals surface area contributed by atoms with Crippen molar-refractivity contribution in [3.8, 4) is 0 Å². The van der Waals surface area contributed by atoms with E-state index in [1.54, 1.807) is 5.38 Å². The number of carboxylic acids is 1. The molecule has 3 aliphatic carbocycles. The van der Waals surface area contributed by atoms with Gasteiger partial charge >= 0.3 is 5.97 Å². The third kappa shape index (κ3) is 2.16. The summed E-state index contributed by atoms with van der Waals surface area (Å²) < 4.78 is 0. The molecule has 4 unspecified atom stereocenters. The Hall–Kier alpha value is -1.43. The molecule has 0 radical (unpaired) electrons. The number of rotatable bonds is 5. The maximum atomic E-state index is 12.2. The van der Waals surface area contributed by atoms with Gasteiger partial charge in [0.2, 0.25) is 5.91 Å². The largest absolute Gasteiger partial charge is 0.476 e. The van der Waals surface area contributed by atoms with Crippen molar-refractivity contribution in [2.75, 3.05) is 6.54 Å². The standard InChI is InChI=1S/C15H18N2O3S/c18-14(13-11-7-1-2-8(5-7)12(11)13)16-4-3-10-17-9(6-21-10)15(19)20/h6-8,11-13H,1-5H2,(H,16,18)(H,19,20). The Bertz CT molecular complexity index is 583. The number of carboxylic acid groups (broad SMARTS) is 1. The van der Waals surface area contributed by atoms with Crippen molar-refractivity contribution >= 4 is 23.2 Å². The Labute approximate surface area is 126 Å². The highest BCUT2D eigenvalue weighted by atomic mass is 32.1. The molecule has 2 bridgehead atoms. The van der Waals surface area contributed by atoms with E-state index < -0.39 is 5.97 Å². The molecular weight excluding hydrogens is 288 g/mol. The summed E-state index contributed by atoms with van der Waals surface area (Å²) in [5, 5.41) is 14.1. The van der Waals surface area contributed by atoms with Gasteiger partial charge < -0.3 is 10.4 Å². The Kier molecular flexibility index (Phi) is 3.03. The number of fused-ring (bicyclic) bond motifs is 5. The predicted molar refractivity (Wildman–Crippen MR) is 77.1 cm³/mol. The number of carbonyl (C=O) groups is 2. The number of thiazole rings is 1. The summed E-state index contributed by atoms with van der Waals surface area (Å²) in [4.78, 5) is 27.0. The molecule has 4 atom stereocenters. The van der Waals surface area contributed by atoms with Crippen LogP contribution in [0.15, 0.2) is 5.38 Å². The van der Waals surface area contributed by atoms with Crippen LogP contribution >= 0.6 is 11.3 Å². The first-order valence-electron chi connectivity index (χ1n) is 7.60. The first-order valence-corrected chi connectivity index (χ1v) is 8.48. The number of hydrogen-bond acceptors (Lipinski definition) is 4. The third-order valence-corrected chi connectivity index (χ3v) is 6.36. The zero-order valence-corrected chi connectivity index (χ0v) is 12.4. The summed E-state index contributed by atoms with van der Waals surface area (Å²) in [7, 11) is 0. The van der Waals surface area contributed by atoms with E-state index in [0.717, 1.165) is 16.8 Å². The van der Waals surface area contributed by atoms with Crippen LogP contribution in [-0.2, 0) is 11.2 Å². The molecule has 1 aromatic heterocycles. The molecule has 1 heterocycles. The molecule has 21 heavy (non-hydrogen) atoms. The van der Waals surface area contributed by atoms with Crippen molar-refractivity contribution in [3.63, 3.8) is 0 Å². The van der Waals surface area contributed by atoms with Gasteiger partial charge in [-0.2, -0.15) is 0 Å². The zero-order chi connectivity index (χ0) is 14.6. The van der Waals surface area contributed by atoms with Gasteiger partial charge in [0.1, 0.15) is 0 Å². The molecule has 0 aliphatic heterocycles. The normalized spacial score (nSPS) is 35.5. The van der Waals surface area contributed by atoms with E-state index in [-0.39, 0.29) is 17.5 Å². The fraction of sp³-hybridized carbons (Fsp3) is 0.667. The number of aromatic carboxylic acids is 1. The second kappa shape index (κ2) is 4.80. The maximum Gasteiger partial charge on any atom is 0.355 e. The molecule has 1 aromatic rings. The van der Waals surface area contributed by atoms with Crippen LogP contribution in [0.2, 0.25) is 0 Å². The summed E-state index contributed by atoms with van der Waals surface area (Å²) in [6.07, 6.45) is 4.62. The lowest BCUT2D eigenvalue weighted by Crippen LogP contribution is -2.29. The smallest absolute Gasteiger partial charge is 0.355 e. The van der Waals surface area contributed by atoms with Gasteiger partial charge in [-0.1, -0.05) is 0 Å². The lowest BCUT2D eigenvalue weighted by Gasteiger charge is -2.09. The van der Waals surface area contributed by atoms with E-state index in [1.165, 1.54) is 30.6 Å². The molecule has 112 valence electrons. The lowest BCUT2D eigenvalue weighted by molar-refractivity contribution is -0.123. The molecule has 0 spiro atoms. The van der Waals surface area contributed by atoms with Crippen LogP contribution in [0.25, 0.3) is 0 Å². The van der Waals surface area contributed by atoms with Crippen molar-refractivity contribution in [2.45, 2.75) is 25.7 Å². The molecule has 4 rings (SSSR count). The number of nitrogens with zero attached hydrogens (tertiary/aromatic N) is 1. The van der Waals surface area contributed by atoms with Crippen molar-refractivity contribution in [1.82, 2.24) is 10.3 Å². The van der Waals surface area contributed by atoms with Crippen molar-refractivity contribution in [3.05, 3.63) is 16.1 Å². The van der Waals surface area contributed by atoms with E-state index in [1.807, 2.05) is 0 Å². The lowest BCUT2D eigenvalue weighted by atomic mass is 10.0. The first-order chi connectivity index (χ1) is 10.1. The van der Waals surface area contributed by atoms with Crippen LogP contribution in [-0.4, -0.2) is 28.5 Å². The van der Waals surface area contributed by atoms with Crippen molar-refractivity contribution < 1.29 is 14.7 Å². The second-order valence-corrected chi connectivity index (χ2v) is 7.43. The summed E-state index contributed by atoms with van der Waals surface area (Å²) in [5.74, 6) is 2.44. The highest BCUT2D eigenvalue weighted by Gasteiger charge is 2.67. The van der Waals surface area contributed by atoms with Crippen LogP contribution < -0.4 is 5.32 Å². The molecular formula is C15H18N2O3S. The van der Waals surface area contributed by atoms with Crippen LogP contribution in [0.5, 0.6) is 0 Å². The molecule has 1 amide bonds. The van der Waals surface area contributed by atoms with E-state index in [9.17, 15) is 9.59 Å². The fourth-order valence-corrected chi connectivity index (χ4v) is 5.38. The highest BCUT2D eigenvalue weighted by Crippen LogP contribution is 2.69. The molecule has 0 aromatic carbocycles. The minimum Gasteiger partial charge on any atom is -0.476 e. The third-order valence-electron chi connectivity index (χ3n) is 5.45. The Morgan fingerprint density at radius 3 is 2.67 bits per heavy atom. The molecule has 3 fully saturated rings. The number of hydrogen-bond donors (Lipinski definition) is 2. The summed E-state index contributed by atoms with van der Waals surface area (Å²) in [6.45, 7) is 0.552. The quantitative estimate of drug-likeness (QED) is 0.869. The van der Waals surface area contributed by atoms with Gasteiger partial charge in [0.25, 0.3) is 0 Å². The predicted octanol–water partition coefficient (Wildman–Crippen LogP) is 1.79. The Morgan fingerprint density at radius 2 is 2.05 bits per heavy atom. The fourth-order valence-electron chi connectivity index (χ4n) is 4.61. The highest BCUT2D eigenvalue weighted by molar-refractivity contribution is 7.09. The Balaban J connectivity index is 1.26. The minimum atomic E-state index is -0.997. The van der Waals surface area contributed by atoms with E-state index in [0.29, 0.717) is 24.8 Å². The summed E-state index contributed by atoms with van der Waals surface area (Å²) in [5.41, 5.74) is 0.0922. The number of amides is 1. The van der Waals surface area contributed by atoms with Gasteiger partial charge in [-0.15, -0.1) is 11.3 Å². The van der Waals surface area contributed by atoms with Crippen LogP contribution in [0.4, 0.5) is 0 Å². The number of carbonyl (C=O) groups excluding carboxylic acids is 1. The van der Waals surface area contributed by atoms with Crippen LogP contribution in [0, 0.1) is 29.6 Å². The molecule has 0 saturated heterocycles. The SMILES string of the molecule is O=C(O)c1csc(CCNC(=O)C2C3C4CCC(C4)C23)n1. The van der Waals surface area contributed by atoms with Crippen LogP contribution in [0.1, 0.15) is 34.8 Å². The number of aromatic nitrogens is 1. The van der Waals surface area contributed by atoms with Gasteiger partial charge in [0, 0.05) is 24.3 Å². The van der Waals surface area contributed by atoms with Gasteiger partial charge in [-0.3, -0.25) is 4.79 Å². The monoisotopic (exact) mass is 306 g/mol. The molecule has 3 saturated carbocycles. The topological polar surface area (TPSA) is 79.3 Å². The van der Waals surface area contributed by atoms with Gasteiger partial charge in [0.15, 0.2) is 5.69 Å². The van der Waals surface area contributed by atoms with Crippen molar-refractivity contribution in [2.24, 2.45) is 29.6 Å². The van der Waals surface area contributed by atoms with E-state index in [2.05, 4.69) is 10.3 Å². The van der Waals surface area contributed by atoms with E-state index >= 15 is 0 Å². The van der Waals surface area contributed by atoms with Gasteiger partial charge in [-0.05, 0) is 42.9 Å². The van der Waals surface area contributed by atoms with Gasteiger partial charge in [0.05, 0.1) is 5.01 Å². The van der Waals surface area contributed by atoms with Crippen LogP contribution in [0.3, 0.4) is 0 Å².